The highest BCUT2D eigenvalue weighted by Crippen LogP contribution is 2.11. The third-order valence-corrected chi connectivity index (χ3v) is 1.78. The van der Waals surface area contributed by atoms with Crippen molar-refractivity contribution in [1.82, 2.24) is 15.1 Å². The van der Waals surface area contributed by atoms with E-state index < -0.39 is 0 Å². The van der Waals surface area contributed by atoms with E-state index in [9.17, 15) is 4.79 Å². The monoisotopic (exact) mass is 191 g/mol. The predicted octanol–water partition coefficient (Wildman–Crippen LogP) is 0.987. The van der Waals surface area contributed by atoms with Gasteiger partial charge in [0.2, 0.25) is 5.56 Å². The number of hydrogen-bond donors (Lipinski definition) is 1. The van der Waals surface area contributed by atoms with Gasteiger partial charge in [-0.15, -0.1) is 0 Å². The SMILES string of the molecule is CCc1noc(-c2cccc(=O)[nH]2)n1. The largest absolute Gasteiger partial charge is 0.332 e. The Hall–Kier alpha value is -1.91. The van der Waals surface area contributed by atoms with Crippen molar-refractivity contribution in [3.8, 4) is 11.6 Å². The van der Waals surface area contributed by atoms with Crippen LogP contribution in [0.1, 0.15) is 12.7 Å². The van der Waals surface area contributed by atoms with Gasteiger partial charge in [-0.3, -0.25) is 4.79 Å². The van der Waals surface area contributed by atoms with Crippen molar-refractivity contribution in [1.29, 1.82) is 0 Å². The molecule has 72 valence electrons. The number of rotatable bonds is 2. The number of pyridine rings is 1. The minimum atomic E-state index is -0.182. The lowest BCUT2D eigenvalue weighted by atomic mass is 10.3. The van der Waals surface area contributed by atoms with Crippen LogP contribution in [-0.4, -0.2) is 15.1 Å². The van der Waals surface area contributed by atoms with E-state index >= 15 is 0 Å². The van der Waals surface area contributed by atoms with Crippen LogP contribution in [-0.2, 0) is 6.42 Å². The van der Waals surface area contributed by atoms with Gasteiger partial charge in [-0.05, 0) is 6.07 Å². The summed E-state index contributed by atoms with van der Waals surface area (Å²) < 4.78 is 4.97. The first kappa shape index (κ1) is 8.68. The minimum Gasteiger partial charge on any atom is -0.332 e. The number of aromatic nitrogens is 3. The fraction of sp³-hybridized carbons (Fsp3) is 0.222. The van der Waals surface area contributed by atoms with Gasteiger partial charge >= 0.3 is 0 Å². The first-order chi connectivity index (χ1) is 6.79. The average molecular weight is 191 g/mol. The molecule has 0 aromatic carbocycles. The molecular weight excluding hydrogens is 182 g/mol. The summed E-state index contributed by atoms with van der Waals surface area (Å²) in [5, 5.41) is 3.73. The van der Waals surface area contributed by atoms with Crippen LogP contribution in [0.25, 0.3) is 11.6 Å². The number of aryl methyl sites for hydroxylation is 1. The van der Waals surface area contributed by atoms with E-state index in [1.54, 1.807) is 12.1 Å². The lowest BCUT2D eigenvalue weighted by Gasteiger charge is -1.90. The first-order valence-corrected chi connectivity index (χ1v) is 4.32. The van der Waals surface area contributed by atoms with E-state index in [0.29, 0.717) is 23.8 Å². The van der Waals surface area contributed by atoms with E-state index in [1.165, 1.54) is 6.07 Å². The van der Waals surface area contributed by atoms with Crippen molar-refractivity contribution in [3.63, 3.8) is 0 Å². The van der Waals surface area contributed by atoms with Crippen LogP contribution in [0.4, 0.5) is 0 Å². The van der Waals surface area contributed by atoms with Gasteiger partial charge in [0.05, 0.1) is 0 Å². The number of hydrogen-bond acceptors (Lipinski definition) is 4. The Morgan fingerprint density at radius 1 is 1.50 bits per heavy atom. The molecule has 5 nitrogen and oxygen atoms in total. The second-order valence-corrected chi connectivity index (χ2v) is 2.80. The smallest absolute Gasteiger partial charge is 0.274 e. The fourth-order valence-corrected chi connectivity index (χ4v) is 1.08. The van der Waals surface area contributed by atoms with Crippen molar-refractivity contribution >= 4 is 0 Å². The van der Waals surface area contributed by atoms with E-state index in [4.69, 9.17) is 4.52 Å². The zero-order chi connectivity index (χ0) is 9.97. The molecule has 0 amide bonds. The second kappa shape index (κ2) is 3.45. The summed E-state index contributed by atoms with van der Waals surface area (Å²) in [6, 6.07) is 4.79. The number of aromatic amines is 1. The summed E-state index contributed by atoms with van der Waals surface area (Å²) in [7, 11) is 0. The van der Waals surface area contributed by atoms with Crippen LogP contribution < -0.4 is 5.56 Å². The van der Waals surface area contributed by atoms with Gasteiger partial charge in [-0.25, -0.2) is 0 Å². The number of H-pyrrole nitrogens is 1. The van der Waals surface area contributed by atoms with Crippen LogP contribution in [0.2, 0.25) is 0 Å². The summed E-state index contributed by atoms with van der Waals surface area (Å²) >= 11 is 0. The average Bonchev–Trinajstić information content (AvgIpc) is 2.66. The summed E-state index contributed by atoms with van der Waals surface area (Å²) in [6.07, 6.45) is 0.709. The quantitative estimate of drug-likeness (QED) is 0.768. The minimum absolute atomic E-state index is 0.182. The molecular formula is C9H9N3O2. The molecule has 0 saturated carbocycles. The van der Waals surface area contributed by atoms with Gasteiger partial charge in [0, 0.05) is 12.5 Å². The van der Waals surface area contributed by atoms with Crippen LogP contribution >= 0.6 is 0 Å². The third kappa shape index (κ3) is 1.56. The van der Waals surface area contributed by atoms with Crippen molar-refractivity contribution in [2.75, 3.05) is 0 Å². The third-order valence-electron chi connectivity index (χ3n) is 1.78. The molecule has 2 aromatic rings. The summed E-state index contributed by atoms with van der Waals surface area (Å²) in [5.41, 5.74) is 0.364. The Balaban J connectivity index is 2.44. The lowest BCUT2D eigenvalue weighted by Crippen LogP contribution is -2.03. The van der Waals surface area contributed by atoms with Crippen LogP contribution in [0.15, 0.2) is 27.5 Å². The molecule has 0 atom stereocenters. The van der Waals surface area contributed by atoms with Gasteiger partial charge in [-0.1, -0.05) is 18.1 Å². The zero-order valence-corrected chi connectivity index (χ0v) is 7.65. The van der Waals surface area contributed by atoms with Crippen molar-refractivity contribution in [2.24, 2.45) is 0 Å². The molecule has 0 bridgehead atoms. The van der Waals surface area contributed by atoms with Gasteiger partial charge in [0.25, 0.3) is 5.89 Å². The highest BCUT2D eigenvalue weighted by molar-refractivity contribution is 5.45. The van der Waals surface area contributed by atoms with Gasteiger partial charge in [-0.2, -0.15) is 4.98 Å². The highest BCUT2D eigenvalue weighted by Gasteiger charge is 2.07. The Morgan fingerprint density at radius 2 is 2.36 bits per heavy atom. The molecule has 2 heterocycles. The van der Waals surface area contributed by atoms with E-state index in [-0.39, 0.29) is 5.56 Å². The van der Waals surface area contributed by atoms with Crippen LogP contribution in [0, 0.1) is 0 Å². The van der Waals surface area contributed by atoms with Gasteiger partial charge < -0.3 is 9.51 Å². The molecule has 0 aliphatic carbocycles. The number of nitrogens with one attached hydrogen (secondary N) is 1. The maximum absolute atomic E-state index is 11.0. The first-order valence-electron chi connectivity index (χ1n) is 4.32. The molecule has 5 heteroatoms. The maximum Gasteiger partial charge on any atom is 0.274 e. The normalized spacial score (nSPS) is 10.4. The van der Waals surface area contributed by atoms with Gasteiger partial charge in [0.1, 0.15) is 5.69 Å². The Kier molecular flexibility index (Phi) is 2.14. The highest BCUT2D eigenvalue weighted by atomic mass is 16.5. The molecule has 2 aromatic heterocycles. The summed E-state index contributed by atoms with van der Waals surface area (Å²) in [4.78, 5) is 17.7. The number of nitrogens with zero attached hydrogens (tertiary/aromatic N) is 2. The summed E-state index contributed by atoms with van der Waals surface area (Å²) in [5.74, 6) is 0.976. The molecule has 2 rings (SSSR count). The van der Waals surface area contributed by atoms with E-state index in [1.807, 2.05) is 6.92 Å². The van der Waals surface area contributed by atoms with Gasteiger partial charge in [0.15, 0.2) is 5.82 Å². The molecule has 0 aliphatic heterocycles. The Labute approximate surface area is 79.8 Å². The molecule has 14 heavy (non-hydrogen) atoms. The Morgan fingerprint density at radius 3 is 3.00 bits per heavy atom. The molecule has 0 unspecified atom stereocenters. The van der Waals surface area contributed by atoms with Crippen LogP contribution in [0.3, 0.4) is 0 Å². The fourth-order valence-electron chi connectivity index (χ4n) is 1.08. The molecule has 0 saturated heterocycles. The molecule has 0 spiro atoms. The topological polar surface area (TPSA) is 71.8 Å². The summed E-state index contributed by atoms with van der Waals surface area (Å²) in [6.45, 7) is 1.93. The zero-order valence-electron chi connectivity index (χ0n) is 7.65. The van der Waals surface area contributed by atoms with E-state index in [0.717, 1.165) is 0 Å². The molecule has 0 fully saturated rings. The van der Waals surface area contributed by atoms with Crippen LogP contribution in [0.5, 0.6) is 0 Å². The lowest BCUT2D eigenvalue weighted by molar-refractivity contribution is 0.422. The van der Waals surface area contributed by atoms with Crippen molar-refractivity contribution in [2.45, 2.75) is 13.3 Å². The molecule has 0 radical (unpaired) electrons. The van der Waals surface area contributed by atoms with Crippen molar-refractivity contribution < 1.29 is 4.52 Å². The maximum atomic E-state index is 11.0. The van der Waals surface area contributed by atoms with E-state index in [2.05, 4.69) is 15.1 Å². The molecule has 1 N–H and O–H groups in total. The predicted molar refractivity (Wildman–Crippen MR) is 49.7 cm³/mol. The molecule has 0 aliphatic rings. The van der Waals surface area contributed by atoms with Crippen molar-refractivity contribution in [3.05, 3.63) is 34.4 Å². The standard InChI is InChI=1S/C9H9N3O2/c1-2-7-11-9(14-12-7)6-4-3-5-8(13)10-6/h3-5H,2H2,1H3,(H,10,13). The Bertz CT molecular complexity index is 487. The second-order valence-electron chi connectivity index (χ2n) is 2.80.